The van der Waals surface area contributed by atoms with Gasteiger partial charge in [0.1, 0.15) is 17.7 Å². The first-order valence-corrected chi connectivity index (χ1v) is 8.57. The van der Waals surface area contributed by atoms with Gasteiger partial charge in [-0.15, -0.1) is 0 Å². The highest BCUT2D eigenvalue weighted by atomic mass is 19.1. The van der Waals surface area contributed by atoms with Crippen molar-refractivity contribution in [1.82, 2.24) is 4.90 Å². The molecular formula is C18H23FN2O4. The van der Waals surface area contributed by atoms with Crippen molar-refractivity contribution in [1.29, 1.82) is 0 Å². The van der Waals surface area contributed by atoms with Crippen LogP contribution in [0.15, 0.2) is 18.2 Å². The number of nitrogens with zero attached hydrogens (tertiary/aromatic N) is 1. The predicted molar refractivity (Wildman–Crippen MR) is 88.7 cm³/mol. The van der Waals surface area contributed by atoms with Crippen LogP contribution in [0.5, 0.6) is 5.75 Å². The number of piperidine rings is 1. The van der Waals surface area contributed by atoms with Gasteiger partial charge in [0.25, 0.3) is 5.91 Å². The van der Waals surface area contributed by atoms with Crippen LogP contribution in [0.2, 0.25) is 0 Å². The number of amides is 2. The first-order chi connectivity index (χ1) is 12.0. The predicted octanol–water partition coefficient (Wildman–Crippen LogP) is 1.72. The Morgan fingerprint density at radius 1 is 1.24 bits per heavy atom. The van der Waals surface area contributed by atoms with Crippen LogP contribution >= 0.6 is 0 Å². The maximum absolute atomic E-state index is 13.5. The van der Waals surface area contributed by atoms with E-state index in [1.807, 2.05) is 0 Å². The number of nitrogens with two attached hydrogens (primary N) is 1. The molecule has 2 N–H and O–H groups in total. The molecule has 136 valence electrons. The normalized spacial score (nSPS) is 24.3. The van der Waals surface area contributed by atoms with Gasteiger partial charge in [-0.1, -0.05) is 0 Å². The number of rotatable bonds is 4. The number of likely N-dealkylation sites (tertiary alicyclic amines) is 1. The molecular weight excluding hydrogens is 327 g/mol. The highest BCUT2D eigenvalue weighted by molar-refractivity contribution is 5.97. The fourth-order valence-electron chi connectivity index (χ4n) is 3.71. The lowest BCUT2D eigenvalue weighted by Crippen LogP contribution is -2.41. The van der Waals surface area contributed by atoms with Crippen molar-refractivity contribution in [3.63, 3.8) is 0 Å². The van der Waals surface area contributed by atoms with E-state index >= 15 is 0 Å². The third kappa shape index (κ3) is 3.76. The van der Waals surface area contributed by atoms with Gasteiger partial charge < -0.3 is 20.1 Å². The second-order valence-corrected chi connectivity index (χ2v) is 6.62. The molecule has 3 rings (SSSR count). The Morgan fingerprint density at radius 2 is 1.96 bits per heavy atom. The average Bonchev–Trinajstić information content (AvgIpc) is 3.11. The molecule has 1 aromatic rings. The standard InChI is InChI=1S/C18H23FN2O4/c1-24-15-3-2-12(19)10-13(15)18(23)21-8-6-11(7-9-21)14-4-5-16(25-14)17(20)22/h2-3,10-11,14,16H,4-9H2,1H3,(H2,20,22)/t14-,16+/m0/s1. The molecule has 2 saturated heterocycles. The highest BCUT2D eigenvalue weighted by Crippen LogP contribution is 2.32. The van der Waals surface area contributed by atoms with Gasteiger partial charge in [0.15, 0.2) is 0 Å². The smallest absolute Gasteiger partial charge is 0.257 e. The fraction of sp³-hybridized carbons (Fsp3) is 0.556. The Bertz CT molecular complexity index is 658. The molecule has 2 amide bonds. The molecule has 0 spiro atoms. The van der Waals surface area contributed by atoms with E-state index in [0.29, 0.717) is 31.2 Å². The van der Waals surface area contributed by atoms with Crippen LogP contribution in [0.4, 0.5) is 4.39 Å². The number of hydrogen-bond acceptors (Lipinski definition) is 4. The molecule has 2 fully saturated rings. The first-order valence-electron chi connectivity index (χ1n) is 8.57. The average molecular weight is 350 g/mol. The molecule has 1 aromatic carbocycles. The number of carbonyl (C=O) groups is 2. The molecule has 25 heavy (non-hydrogen) atoms. The maximum Gasteiger partial charge on any atom is 0.257 e. The number of carbonyl (C=O) groups excluding carboxylic acids is 2. The number of benzene rings is 1. The molecule has 6 nitrogen and oxygen atoms in total. The molecule has 0 unspecified atom stereocenters. The number of halogens is 1. The molecule has 0 aliphatic carbocycles. The van der Waals surface area contributed by atoms with E-state index in [4.69, 9.17) is 15.2 Å². The minimum atomic E-state index is -0.485. The van der Waals surface area contributed by atoms with E-state index in [1.54, 1.807) is 4.90 Å². The summed E-state index contributed by atoms with van der Waals surface area (Å²) in [5, 5.41) is 0. The van der Waals surface area contributed by atoms with Gasteiger partial charge in [0.2, 0.25) is 5.91 Å². The van der Waals surface area contributed by atoms with E-state index in [0.717, 1.165) is 19.3 Å². The second-order valence-electron chi connectivity index (χ2n) is 6.62. The summed E-state index contributed by atoms with van der Waals surface area (Å²) in [6.07, 6.45) is 2.61. The third-order valence-corrected chi connectivity index (χ3v) is 5.11. The van der Waals surface area contributed by atoms with Gasteiger partial charge in [0.05, 0.1) is 18.8 Å². The van der Waals surface area contributed by atoms with Crippen molar-refractivity contribution in [2.75, 3.05) is 20.2 Å². The van der Waals surface area contributed by atoms with Crippen LogP contribution in [0.25, 0.3) is 0 Å². The summed E-state index contributed by atoms with van der Waals surface area (Å²) in [4.78, 5) is 25.6. The molecule has 0 radical (unpaired) electrons. The summed E-state index contributed by atoms with van der Waals surface area (Å²) in [7, 11) is 1.46. The van der Waals surface area contributed by atoms with Gasteiger partial charge in [-0.3, -0.25) is 9.59 Å². The van der Waals surface area contributed by atoms with E-state index in [1.165, 1.54) is 25.3 Å². The largest absolute Gasteiger partial charge is 0.496 e. The summed E-state index contributed by atoms with van der Waals surface area (Å²) in [6, 6.07) is 3.95. The van der Waals surface area contributed by atoms with Crippen LogP contribution in [0, 0.1) is 11.7 Å². The zero-order chi connectivity index (χ0) is 18.0. The number of methoxy groups -OCH3 is 1. The maximum atomic E-state index is 13.5. The van der Waals surface area contributed by atoms with Gasteiger partial charge in [-0.25, -0.2) is 4.39 Å². The van der Waals surface area contributed by atoms with Crippen LogP contribution in [0.1, 0.15) is 36.0 Å². The van der Waals surface area contributed by atoms with Crippen LogP contribution < -0.4 is 10.5 Å². The quantitative estimate of drug-likeness (QED) is 0.896. The summed E-state index contributed by atoms with van der Waals surface area (Å²) in [5.74, 6) is -0.416. The monoisotopic (exact) mass is 350 g/mol. The van der Waals surface area contributed by atoms with Crippen molar-refractivity contribution < 1.29 is 23.5 Å². The van der Waals surface area contributed by atoms with Crippen molar-refractivity contribution in [3.05, 3.63) is 29.6 Å². The molecule has 0 aromatic heterocycles. The Balaban J connectivity index is 1.60. The van der Waals surface area contributed by atoms with Gasteiger partial charge in [-0.05, 0) is 49.8 Å². The Labute approximate surface area is 146 Å². The van der Waals surface area contributed by atoms with Crippen molar-refractivity contribution in [2.24, 2.45) is 11.7 Å². The summed E-state index contributed by atoms with van der Waals surface area (Å²) in [5.41, 5.74) is 5.54. The topological polar surface area (TPSA) is 81.9 Å². The van der Waals surface area contributed by atoms with Crippen molar-refractivity contribution in [2.45, 2.75) is 37.9 Å². The van der Waals surface area contributed by atoms with Crippen LogP contribution in [-0.2, 0) is 9.53 Å². The van der Waals surface area contributed by atoms with Crippen LogP contribution in [-0.4, -0.2) is 49.1 Å². The van der Waals surface area contributed by atoms with Crippen LogP contribution in [0.3, 0.4) is 0 Å². The zero-order valence-electron chi connectivity index (χ0n) is 14.2. The summed E-state index contributed by atoms with van der Waals surface area (Å²) >= 11 is 0. The summed E-state index contributed by atoms with van der Waals surface area (Å²) in [6.45, 7) is 1.15. The molecule has 2 heterocycles. The van der Waals surface area contributed by atoms with Crippen molar-refractivity contribution in [3.8, 4) is 5.75 Å². The van der Waals surface area contributed by atoms with Gasteiger partial charge in [-0.2, -0.15) is 0 Å². The summed E-state index contributed by atoms with van der Waals surface area (Å²) < 4.78 is 24.4. The first kappa shape index (κ1) is 17.7. The Hall–Kier alpha value is -2.15. The molecule has 0 bridgehead atoms. The lowest BCUT2D eigenvalue weighted by molar-refractivity contribution is -0.130. The fourth-order valence-corrected chi connectivity index (χ4v) is 3.71. The molecule has 2 aliphatic heterocycles. The minimum Gasteiger partial charge on any atom is -0.496 e. The number of primary amides is 1. The lowest BCUT2D eigenvalue weighted by atomic mass is 9.89. The molecule has 2 atom stereocenters. The molecule has 7 heteroatoms. The van der Waals surface area contributed by atoms with Crippen molar-refractivity contribution >= 4 is 11.8 Å². The molecule has 2 aliphatic rings. The zero-order valence-corrected chi connectivity index (χ0v) is 14.2. The van der Waals surface area contributed by atoms with E-state index < -0.39 is 17.8 Å². The molecule has 0 saturated carbocycles. The highest BCUT2D eigenvalue weighted by Gasteiger charge is 2.36. The SMILES string of the molecule is COc1ccc(F)cc1C(=O)N1CCC([C@@H]2CC[C@H](C(N)=O)O2)CC1. The lowest BCUT2D eigenvalue weighted by Gasteiger charge is -2.34. The Kier molecular flexibility index (Phi) is 5.22. The van der Waals surface area contributed by atoms with E-state index in [-0.39, 0.29) is 17.6 Å². The third-order valence-electron chi connectivity index (χ3n) is 5.11. The van der Waals surface area contributed by atoms with E-state index in [2.05, 4.69) is 0 Å². The minimum absolute atomic E-state index is 0.0263. The Morgan fingerprint density at radius 3 is 2.56 bits per heavy atom. The number of hydrogen-bond donors (Lipinski definition) is 1. The van der Waals surface area contributed by atoms with E-state index in [9.17, 15) is 14.0 Å². The van der Waals surface area contributed by atoms with Gasteiger partial charge in [0, 0.05) is 13.1 Å². The number of ether oxygens (including phenoxy) is 2. The van der Waals surface area contributed by atoms with Gasteiger partial charge >= 0.3 is 0 Å². The second kappa shape index (κ2) is 7.39.